The molecule has 0 bridgehead atoms. The fourth-order valence-electron chi connectivity index (χ4n) is 2.83. The molecule has 1 N–H and O–H groups in total. The van der Waals surface area contributed by atoms with Crippen LogP contribution in [0.1, 0.15) is 25.0 Å². The minimum atomic E-state index is 0.482. The van der Waals surface area contributed by atoms with Gasteiger partial charge < -0.3 is 5.32 Å². The van der Waals surface area contributed by atoms with Crippen molar-refractivity contribution >= 4 is 23.5 Å². The van der Waals surface area contributed by atoms with E-state index in [1.807, 2.05) is 0 Å². The van der Waals surface area contributed by atoms with Gasteiger partial charge in [0.05, 0.1) is 0 Å². The van der Waals surface area contributed by atoms with Crippen LogP contribution in [0.4, 0.5) is 0 Å². The molecule has 0 heterocycles. The molecular weight excluding hydrogens is 318 g/mol. The summed E-state index contributed by atoms with van der Waals surface area (Å²) in [6.45, 7) is 4.55. The molecule has 124 valence electrons. The zero-order valence-corrected chi connectivity index (χ0v) is 16.1. The van der Waals surface area contributed by atoms with Gasteiger partial charge in [0.25, 0.3) is 0 Å². The highest BCUT2D eigenvalue weighted by Crippen LogP contribution is 2.17. The predicted molar refractivity (Wildman–Crippen MR) is 106 cm³/mol. The summed E-state index contributed by atoms with van der Waals surface area (Å²) >= 11 is 3.59. The largest absolute Gasteiger partial charge is 0.311 e. The molecular formula is C20H27NS2. The molecule has 2 aromatic carbocycles. The van der Waals surface area contributed by atoms with Crippen molar-refractivity contribution < 1.29 is 0 Å². The first-order valence-corrected chi connectivity index (χ1v) is 10.6. The summed E-state index contributed by atoms with van der Waals surface area (Å²) in [5.41, 5.74) is 2.80. The fourth-order valence-corrected chi connectivity index (χ4v) is 3.65. The number of thioether (sulfide) groups is 2. The summed E-state index contributed by atoms with van der Waals surface area (Å²) in [5, 5.41) is 3.72. The highest BCUT2D eigenvalue weighted by atomic mass is 32.2. The maximum absolute atomic E-state index is 3.72. The smallest absolute Gasteiger partial charge is 0.00817 e. The third kappa shape index (κ3) is 6.25. The van der Waals surface area contributed by atoms with Crippen molar-refractivity contribution in [3.63, 3.8) is 0 Å². The van der Waals surface area contributed by atoms with E-state index in [-0.39, 0.29) is 0 Å². The van der Waals surface area contributed by atoms with E-state index in [0.717, 1.165) is 12.8 Å². The van der Waals surface area contributed by atoms with E-state index in [1.54, 1.807) is 23.5 Å². The Labute approximate surface area is 149 Å². The Bertz CT molecular complexity index is 524. The lowest BCUT2D eigenvalue weighted by molar-refractivity contribution is 0.462. The molecule has 0 saturated heterocycles. The van der Waals surface area contributed by atoms with Crippen molar-refractivity contribution in [3.8, 4) is 0 Å². The quantitative estimate of drug-likeness (QED) is 0.654. The van der Waals surface area contributed by atoms with Gasteiger partial charge in [0.15, 0.2) is 0 Å². The molecule has 1 nitrogen and oxygen atoms in total. The van der Waals surface area contributed by atoms with Crippen LogP contribution in [-0.2, 0) is 12.8 Å². The molecule has 2 unspecified atom stereocenters. The van der Waals surface area contributed by atoms with Gasteiger partial charge in [0.1, 0.15) is 0 Å². The highest BCUT2D eigenvalue weighted by Gasteiger charge is 2.09. The summed E-state index contributed by atoms with van der Waals surface area (Å²) in [7, 11) is 0. The van der Waals surface area contributed by atoms with E-state index >= 15 is 0 Å². The molecule has 0 aliphatic carbocycles. The van der Waals surface area contributed by atoms with Gasteiger partial charge in [-0.15, -0.1) is 23.5 Å². The van der Waals surface area contributed by atoms with Crippen LogP contribution in [0, 0.1) is 0 Å². The Hall–Kier alpha value is -0.900. The van der Waals surface area contributed by atoms with Crippen LogP contribution in [0.2, 0.25) is 0 Å². The van der Waals surface area contributed by atoms with Gasteiger partial charge in [-0.05, 0) is 74.6 Å². The molecule has 0 saturated carbocycles. The van der Waals surface area contributed by atoms with Gasteiger partial charge in [-0.25, -0.2) is 0 Å². The number of nitrogens with one attached hydrogen (secondary N) is 1. The molecule has 0 aliphatic heterocycles. The number of hydrogen-bond acceptors (Lipinski definition) is 3. The van der Waals surface area contributed by atoms with E-state index in [1.165, 1.54) is 20.9 Å². The van der Waals surface area contributed by atoms with E-state index in [2.05, 4.69) is 80.2 Å². The summed E-state index contributed by atoms with van der Waals surface area (Å²) in [6, 6.07) is 18.8. The second kappa shape index (κ2) is 9.41. The fraction of sp³-hybridized carbons (Fsp3) is 0.400. The van der Waals surface area contributed by atoms with Gasteiger partial charge in [-0.1, -0.05) is 24.3 Å². The van der Waals surface area contributed by atoms with Gasteiger partial charge in [0, 0.05) is 21.9 Å². The normalized spacial score (nSPS) is 13.7. The van der Waals surface area contributed by atoms with Gasteiger partial charge in [-0.3, -0.25) is 0 Å². The lowest BCUT2D eigenvalue weighted by Crippen LogP contribution is -2.37. The van der Waals surface area contributed by atoms with E-state index in [4.69, 9.17) is 0 Å². The number of hydrogen-bond donors (Lipinski definition) is 1. The maximum atomic E-state index is 3.72. The maximum Gasteiger partial charge on any atom is 0.00817 e. The van der Waals surface area contributed by atoms with Crippen LogP contribution in [0.5, 0.6) is 0 Å². The molecule has 0 radical (unpaired) electrons. The molecule has 2 aromatic rings. The zero-order chi connectivity index (χ0) is 16.7. The van der Waals surface area contributed by atoms with Crippen LogP contribution in [0.25, 0.3) is 0 Å². The van der Waals surface area contributed by atoms with Crippen LogP contribution < -0.4 is 5.32 Å². The van der Waals surface area contributed by atoms with Gasteiger partial charge in [-0.2, -0.15) is 0 Å². The molecule has 23 heavy (non-hydrogen) atoms. The molecule has 3 heteroatoms. The highest BCUT2D eigenvalue weighted by molar-refractivity contribution is 7.98. The summed E-state index contributed by atoms with van der Waals surface area (Å²) in [5.74, 6) is 0. The summed E-state index contributed by atoms with van der Waals surface area (Å²) < 4.78 is 0. The second-order valence-electron chi connectivity index (χ2n) is 6.07. The Morgan fingerprint density at radius 1 is 0.696 bits per heavy atom. The molecule has 0 aliphatic rings. The van der Waals surface area contributed by atoms with Crippen molar-refractivity contribution in [1.29, 1.82) is 0 Å². The van der Waals surface area contributed by atoms with Crippen LogP contribution in [-0.4, -0.2) is 24.6 Å². The molecule has 0 amide bonds. The molecule has 0 spiro atoms. The third-order valence-electron chi connectivity index (χ3n) is 3.97. The van der Waals surface area contributed by atoms with Crippen molar-refractivity contribution in [1.82, 2.24) is 5.32 Å². The Balaban J connectivity index is 1.82. The van der Waals surface area contributed by atoms with Crippen LogP contribution >= 0.6 is 23.5 Å². The SMILES string of the molecule is CSc1ccc(CC(C)NC(C)Cc2ccc(SC)cc2)cc1. The zero-order valence-electron chi connectivity index (χ0n) is 14.5. The van der Waals surface area contributed by atoms with Crippen molar-refractivity contribution in [2.24, 2.45) is 0 Å². The van der Waals surface area contributed by atoms with Crippen LogP contribution in [0.15, 0.2) is 58.3 Å². The lowest BCUT2D eigenvalue weighted by Gasteiger charge is -2.20. The monoisotopic (exact) mass is 345 g/mol. The van der Waals surface area contributed by atoms with Gasteiger partial charge in [0.2, 0.25) is 0 Å². The molecule has 0 aromatic heterocycles. The minimum Gasteiger partial charge on any atom is -0.311 e. The first kappa shape index (κ1) is 18.4. The first-order valence-electron chi connectivity index (χ1n) is 8.12. The summed E-state index contributed by atoms with van der Waals surface area (Å²) in [6.07, 6.45) is 6.38. The first-order chi connectivity index (χ1) is 11.1. The number of benzene rings is 2. The third-order valence-corrected chi connectivity index (χ3v) is 5.46. The Morgan fingerprint density at radius 2 is 1.04 bits per heavy atom. The van der Waals surface area contributed by atoms with Gasteiger partial charge >= 0.3 is 0 Å². The predicted octanol–water partition coefficient (Wildman–Crippen LogP) is 5.28. The Kier molecular flexibility index (Phi) is 7.54. The van der Waals surface area contributed by atoms with Crippen LogP contribution in [0.3, 0.4) is 0 Å². The van der Waals surface area contributed by atoms with E-state index in [0.29, 0.717) is 12.1 Å². The topological polar surface area (TPSA) is 12.0 Å². The van der Waals surface area contributed by atoms with Crippen molar-refractivity contribution in [2.75, 3.05) is 12.5 Å². The molecule has 2 rings (SSSR count). The lowest BCUT2D eigenvalue weighted by atomic mass is 10.0. The Morgan fingerprint density at radius 3 is 1.35 bits per heavy atom. The van der Waals surface area contributed by atoms with Crippen molar-refractivity contribution in [3.05, 3.63) is 59.7 Å². The average Bonchev–Trinajstić information content (AvgIpc) is 2.56. The minimum absolute atomic E-state index is 0.482. The van der Waals surface area contributed by atoms with E-state index in [9.17, 15) is 0 Å². The molecule has 2 atom stereocenters. The molecule has 0 fully saturated rings. The summed E-state index contributed by atoms with van der Waals surface area (Å²) in [4.78, 5) is 2.66. The van der Waals surface area contributed by atoms with Crippen molar-refractivity contribution in [2.45, 2.75) is 48.6 Å². The second-order valence-corrected chi connectivity index (χ2v) is 7.83. The van der Waals surface area contributed by atoms with E-state index < -0.39 is 0 Å². The average molecular weight is 346 g/mol. The standard InChI is InChI=1S/C20H27NS2/c1-15(13-17-5-9-19(22-3)10-6-17)21-16(2)14-18-7-11-20(23-4)12-8-18/h5-12,15-16,21H,13-14H2,1-4H3. The number of rotatable bonds is 8.